The van der Waals surface area contributed by atoms with Crippen LogP contribution in [0.15, 0.2) is 42.9 Å². The number of aromatic nitrogens is 3. The van der Waals surface area contributed by atoms with Gasteiger partial charge in [0.25, 0.3) is 0 Å². The molecule has 0 fully saturated rings. The average Bonchev–Trinajstić information content (AvgIpc) is 2.97. The summed E-state index contributed by atoms with van der Waals surface area (Å²) in [6, 6.07) is 7.48. The topological polar surface area (TPSA) is 68.5 Å². The van der Waals surface area contributed by atoms with Crippen LogP contribution in [0.3, 0.4) is 0 Å². The molecule has 6 heteroatoms. The van der Waals surface area contributed by atoms with Crippen molar-refractivity contribution in [3.05, 3.63) is 42.9 Å². The Hall–Kier alpha value is -2.89. The molecule has 0 bridgehead atoms. The highest BCUT2D eigenvalue weighted by Gasteiger charge is 2.18. The zero-order chi connectivity index (χ0) is 18.0. The van der Waals surface area contributed by atoms with Crippen LogP contribution in [0, 0.1) is 5.41 Å². The molecule has 130 valence electrons. The zero-order valence-corrected chi connectivity index (χ0v) is 14.9. The number of fused-ring (bicyclic) bond motifs is 1. The lowest BCUT2D eigenvalue weighted by molar-refractivity contribution is -0.117. The Bertz CT molecular complexity index is 876. The van der Waals surface area contributed by atoms with E-state index in [1.165, 1.54) is 0 Å². The molecule has 25 heavy (non-hydrogen) atoms. The minimum Gasteiger partial charge on any atom is -0.495 e. The molecule has 0 atom stereocenters. The molecule has 0 aliphatic rings. The first kappa shape index (κ1) is 17.0. The first-order valence-electron chi connectivity index (χ1n) is 8.14. The van der Waals surface area contributed by atoms with E-state index in [1.54, 1.807) is 13.3 Å². The van der Waals surface area contributed by atoms with Gasteiger partial charge in [-0.2, -0.15) is 0 Å². The Kier molecular flexibility index (Phi) is 4.44. The normalized spacial score (nSPS) is 11.5. The van der Waals surface area contributed by atoms with E-state index in [1.807, 2.05) is 61.8 Å². The van der Waals surface area contributed by atoms with E-state index in [0.717, 1.165) is 11.3 Å². The molecule has 0 spiro atoms. The molecule has 3 aromatic rings. The summed E-state index contributed by atoms with van der Waals surface area (Å²) in [5, 5.41) is 2.95. The van der Waals surface area contributed by atoms with Crippen molar-refractivity contribution in [2.75, 3.05) is 12.4 Å². The number of hydrogen-bond donors (Lipinski definition) is 1. The number of amides is 1. The molecular weight excluding hydrogens is 316 g/mol. The van der Waals surface area contributed by atoms with Crippen LogP contribution in [0.25, 0.3) is 17.0 Å². The summed E-state index contributed by atoms with van der Waals surface area (Å²) in [5.74, 6) is 1.21. The lowest BCUT2D eigenvalue weighted by Crippen LogP contribution is -2.20. The van der Waals surface area contributed by atoms with Gasteiger partial charge in [-0.15, -0.1) is 0 Å². The smallest absolute Gasteiger partial charge is 0.234 e. The fourth-order valence-corrected chi connectivity index (χ4v) is 2.61. The van der Waals surface area contributed by atoms with Crippen molar-refractivity contribution >= 4 is 17.4 Å². The summed E-state index contributed by atoms with van der Waals surface area (Å²) < 4.78 is 7.23. The van der Waals surface area contributed by atoms with Crippen molar-refractivity contribution in [1.82, 2.24) is 14.4 Å². The van der Waals surface area contributed by atoms with E-state index < -0.39 is 0 Å². The van der Waals surface area contributed by atoms with Gasteiger partial charge in [-0.1, -0.05) is 20.8 Å². The van der Waals surface area contributed by atoms with Crippen molar-refractivity contribution < 1.29 is 9.53 Å². The van der Waals surface area contributed by atoms with Crippen molar-refractivity contribution in [3.8, 4) is 17.0 Å². The van der Waals surface area contributed by atoms with Crippen LogP contribution < -0.4 is 10.1 Å². The van der Waals surface area contributed by atoms with Crippen LogP contribution in [0.1, 0.15) is 27.2 Å². The third kappa shape index (κ3) is 3.96. The molecule has 2 aromatic heterocycles. The van der Waals surface area contributed by atoms with Gasteiger partial charge in [-0.3, -0.25) is 9.20 Å². The minimum atomic E-state index is -0.0812. The number of hydrogen-bond acceptors (Lipinski definition) is 4. The van der Waals surface area contributed by atoms with Crippen LogP contribution in [0.2, 0.25) is 0 Å². The van der Waals surface area contributed by atoms with Crippen LogP contribution in [-0.2, 0) is 4.79 Å². The maximum absolute atomic E-state index is 12.3. The molecule has 1 N–H and O–H groups in total. The molecule has 0 aliphatic heterocycles. The van der Waals surface area contributed by atoms with Crippen LogP contribution >= 0.6 is 0 Å². The number of rotatable bonds is 4. The quantitative estimate of drug-likeness (QED) is 0.786. The predicted octanol–water partition coefficient (Wildman–Crippen LogP) is 3.78. The molecule has 0 saturated carbocycles. The molecule has 6 nitrogen and oxygen atoms in total. The first-order chi connectivity index (χ1) is 11.9. The largest absolute Gasteiger partial charge is 0.495 e. The molecule has 1 aromatic carbocycles. The molecule has 0 radical (unpaired) electrons. The monoisotopic (exact) mass is 338 g/mol. The van der Waals surface area contributed by atoms with Gasteiger partial charge in [0.2, 0.25) is 11.7 Å². The Morgan fingerprint density at radius 2 is 2.12 bits per heavy atom. The standard InChI is InChI=1S/C19H22N4O2/c1-19(2,3)11-17(24)21-14-10-13(6-7-16(14)25-4)15-12-23-9-5-8-20-18(23)22-15/h5-10,12H,11H2,1-4H3,(H,21,24). The fourth-order valence-electron chi connectivity index (χ4n) is 2.61. The summed E-state index contributed by atoms with van der Waals surface area (Å²) in [5.41, 5.74) is 2.23. The van der Waals surface area contributed by atoms with Gasteiger partial charge >= 0.3 is 0 Å². The highest BCUT2D eigenvalue weighted by molar-refractivity contribution is 5.93. The number of nitrogens with zero attached hydrogens (tertiary/aromatic N) is 3. The second kappa shape index (κ2) is 6.55. The number of methoxy groups -OCH3 is 1. The summed E-state index contributed by atoms with van der Waals surface area (Å²) in [4.78, 5) is 21.0. The molecule has 0 saturated heterocycles. The summed E-state index contributed by atoms with van der Waals surface area (Å²) >= 11 is 0. The third-order valence-corrected chi connectivity index (χ3v) is 3.70. The van der Waals surface area contributed by atoms with Crippen molar-refractivity contribution in [2.45, 2.75) is 27.2 Å². The van der Waals surface area contributed by atoms with Crippen LogP contribution in [0.5, 0.6) is 5.75 Å². The first-order valence-corrected chi connectivity index (χ1v) is 8.14. The molecule has 3 rings (SSSR count). The van der Waals surface area contributed by atoms with Crippen molar-refractivity contribution in [2.24, 2.45) is 5.41 Å². The molecule has 0 aliphatic carbocycles. The highest BCUT2D eigenvalue weighted by atomic mass is 16.5. The number of ether oxygens (including phenoxy) is 1. The Balaban J connectivity index is 1.93. The molecular formula is C19H22N4O2. The van der Waals surface area contributed by atoms with Gasteiger partial charge < -0.3 is 10.1 Å². The van der Waals surface area contributed by atoms with Gasteiger partial charge in [-0.05, 0) is 29.7 Å². The SMILES string of the molecule is COc1ccc(-c2cn3cccnc3n2)cc1NC(=O)CC(C)(C)C. The number of nitrogens with one attached hydrogen (secondary N) is 1. The van der Waals surface area contributed by atoms with Crippen LogP contribution in [-0.4, -0.2) is 27.4 Å². The second-order valence-corrected chi connectivity index (χ2v) is 7.15. The van der Waals surface area contributed by atoms with E-state index in [9.17, 15) is 4.79 Å². The van der Waals surface area contributed by atoms with Crippen LogP contribution in [0.4, 0.5) is 5.69 Å². The summed E-state index contributed by atoms with van der Waals surface area (Å²) in [6.07, 6.45) is 5.94. The summed E-state index contributed by atoms with van der Waals surface area (Å²) in [7, 11) is 1.59. The van der Waals surface area contributed by atoms with E-state index >= 15 is 0 Å². The zero-order valence-electron chi connectivity index (χ0n) is 14.9. The highest BCUT2D eigenvalue weighted by Crippen LogP contribution is 2.31. The maximum atomic E-state index is 12.3. The number of benzene rings is 1. The minimum absolute atomic E-state index is 0.0420. The van der Waals surface area contributed by atoms with Gasteiger partial charge in [0.1, 0.15) is 5.75 Å². The molecule has 1 amide bonds. The second-order valence-electron chi connectivity index (χ2n) is 7.15. The average molecular weight is 338 g/mol. The molecule has 0 unspecified atom stereocenters. The predicted molar refractivity (Wildman–Crippen MR) is 97.7 cm³/mol. The van der Waals surface area contributed by atoms with Gasteiger partial charge in [0.05, 0.1) is 18.5 Å². The van der Waals surface area contributed by atoms with E-state index in [0.29, 0.717) is 23.6 Å². The lowest BCUT2D eigenvalue weighted by Gasteiger charge is -2.18. The van der Waals surface area contributed by atoms with E-state index in [4.69, 9.17) is 4.74 Å². The van der Waals surface area contributed by atoms with Crippen molar-refractivity contribution in [1.29, 1.82) is 0 Å². The number of carbonyl (C=O) groups is 1. The van der Waals surface area contributed by atoms with Gasteiger partial charge in [-0.25, -0.2) is 9.97 Å². The number of imidazole rings is 1. The Labute approximate surface area is 146 Å². The lowest BCUT2D eigenvalue weighted by atomic mass is 9.92. The third-order valence-electron chi connectivity index (χ3n) is 3.70. The number of carbonyl (C=O) groups excluding carboxylic acids is 1. The summed E-state index contributed by atoms with van der Waals surface area (Å²) in [6.45, 7) is 6.09. The van der Waals surface area contributed by atoms with Gasteiger partial charge in [0, 0.05) is 30.6 Å². The fraction of sp³-hybridized carbons (Fsp3) is 0.316. The maximum Gasteiger partial charge on any atom is 0.234 e. The van der Waals surface area contributed by atoms with E-state index in [2.05, 4.69) is 15.3 Å². The Morgan fingerprint density at radius 3 is 2.80 bits per heavy atom. The van der Waals surface area contributed by atoms with E-state index in [-0.39, 0.29) is 11.3 Å². The molecule has 2 heterocycles. The van der Waals surface area contributed by atoms with Gasteiger partial charge in [0.15, 0.2) is 0 Å². The van der Waals surface area contributed by atoms with Crippen molar-refractivity contribution in [3.63, 3.8) is 0 Å². The number of anilines is 1. The Morgan fingerprint density at radius 1 is 1.32 bits per heavy atom.